The maximum atomic E-state index is 6.16. The number of hydrogen-bond donors (Lipinski definition) is 2. The standard InChI is InChI=1S/C16H20ClN3O/c1-11(2)21-14-5-3-4-13(8-14)16(20-18)9-12-6-7-19-10-15(12)17/h3-8,10-11,16,20H,9,18H2,1-2H3. The fraction of sp³-hybridized carbons (Fsp3) is 0.312. The molecule has 5 heteroatoms. The Hall–Kier alpha value is -1.62. The number of benzene rings is 1. The molecule has 3 N–H and O–H groups in total. The van der Waals surface area contributed by atoms with Crippen LogP contribution in [0.2, 0.25) is 5.02 Å². The lowest BCUT2D eigenvalue weighted by Gasteiger charge is -2.18. The molecule has 0 amide bonds. The van der Waals surface area contributed by atoms with Crippen molar-refractivity contribution in [3.8, 4) is 5.75 Å². The van der Waals surface area contributed by atoms with E-state index in [1.807, 2.05) is 44.2 Å². The largest absolute Gasteiger partial charge is 0.491 e. The molecule has 21 heavy (non-hydrogen) atoms. The summed E-state index contributed by atoms with van der Waals surface area (Å²) in [6.07, 6.45) is 4.19. The predicted molar refractivity (Wildman–Crippen MR) is 85.2 cm³/mol. The number of aromatic nitrogens is 1. The van der Waals surface area contributed by atoms with E-state index in [4.69, 9.17) is 22.2 Å². The minimum Gasteiger partial charge on any atom is -0.491 e. The average molecular weight is 306 g/mol. The molecule has 0 fully saturated rings. The molecule has 1 aromatic heterocycles. The highest BCUT2D eigenvalue weighted by Crippen LogP contribution is 2.25. The van der Waals surface area contributed by atoms with Gasteiger partial charge in [0, 0.05) is 12.4 Å². The predicted octanol–water partition coefficient (Wildman–Crippen LogP) is 3.27. The minimum atomic E-state index is -0.0411. The third-order valence-corrected chi connectivity index (χ3v) is 3.45. The van der Waals surface area contributed by atoms with Crippen LogP contribution in [0.5, 0.6) is 5.75 Å². The lowest BCUT2D eigenvalue weighted by Crippen LogP contribution is -2.29. The Morgan fingerprint density at radius 3 is 2.81 bits per heavy atom. The normalized spacial score (nSPS) is 12.4. The van der Waals surface area contributed by atoms with E-state index in [-0.39, 0.29) is 12.1 Å². The van der Waals surface area contributed by atoms with Gasteiger partial charge in [-0.3, -0.25) is 16.3 Å². The van der Waals surface area contributed by atoms with Crippen molar-refractivity contribution in [1.29, 1.82) is 0 Å². The van der Waals surface area contributed by atoms with E-state index < -0.39 is 0 Å². The number of hydrazine groups is 1. The van der Waals surface area contributed by atoms with Crippen LogP contribution in [0.3, 0.4) is 0 Å². The number of nitrogens with one attached hydrogen (secondary N) is 1. The molecule has 2 aromatic rings. The van der Waals surface area contributed by atoms with Crippen LogP contribution < -0.4 is 16.0 Å². The molecule has 2 rings (SSSR count). The third-order valence-electron chi connectivity index (χ3n) is 3.11. The molecule has 0 radical (unpaired) electrons. The van der Waals surface area contributed by atoms with Crippen molar-refractivity contribution in [1.82, 2.24) is 10.4 Å². The molecule has 0 saturated carbocycles. The molecular weight excluding hydrogens is 286 g/mol. The highest BCUT2D eigenvalue weighted by Gasteiger charge is 2.13. The molecule has 0 aliphatic heterocycles. The summed E-state index contributed by atoms with van der Waals surface area (Å²) >= 11 is 6.16. The first-order valence-electron chi connectivity index (χ1n) is 6.91. The van der Waals surface area contributed by atoms with E-state index in [9.17, 15) is 0 Å². The summed E-state index contributed by atoms with van der Waals surface area (Å²) in [6, 6.07) is 9.79. The van der Waals surface area contributed by atoms with E-state index in [1.165, 1.54) is 0 Å². The van der Waals surface area contributed by atoms with Gasteiger partial charge in [0.25, 0.3) is 0 Å². The van der Waals surface area contributed by atoms with Gasteiger partial charge in [-0.15, -0.1) is 0 Å². The second kappa shape index (κ2) is 7.41. The van der Waals surface area contributed by atoms with Crippen LogP contribution in [-0.2, 0) is 6.42 Å². The van der Waals surface area contributed by atoms with Gasteiger partial charge in [-0.2, -0.15) is 0 Å². The molecule has 0 spiro atoms. The van der Waals surface area contributed by atoms with Crippen molar-refractivity contribution in [2.24, 2.45) is 5.84 Å². The fourth-order valence-electron chi connectivity index (χ4n) is 2.14. The number of nitrogens with zero attached hydrogens (tertiary/aromatic N) is 1. The van der Waals surface area contributed by atoms with E-state index >= 15 is 0 Å². The summed E-state index contributed by atoms with van der Waals surface area (Å²) in [6.45, 7) is 4.00. The molecule has 1 atom stereocenters. The van der Waals surface area contributed by atoms with E-state index in [0.29, 0.717) is 11.4 Å². The Morgan fingerprint density at radius 1 is 1.33 bits per heavy atom. The summed E-state index contributed by atoms with van der Waals surface area (Å²) in [7, 11) is 0. The van der Waals surface area contributed by atoms with Crippen LogP contribution in [0.1, 0.15) is 31.0 Å². The van der Waals surface area contributed by atoms with Gasteiger partial charge in [0.2, 0.25) is 0 Å². The van der Waals surface area contributed by atoms with E-state index in [0.717, 1.165) is 16.9 Å². The minimum absolute atomic E-state index is 0.0411. The van der Waals surface area contributed by atoms with Gasteiger partial charge in [-0.25, -0.2) is 0 Å². The van der Waals surface area contributed by atoms with Crippen molar-refractivity contribution in [2.75, 3.05) is 0 Å². The van der Waals surface area contributed by atoms with Gasteiger partial charge in [0.1, 0.15) is 5.75 Å². The third kappa shape index (κ3) is 4.43. The Labute approximate surface area is 130 Å². The van der Waals surface area contributed by atoms with Crippen LogP contribution >= 0.6 is 11.6 Å². The number of pyridine rings is 1. The number of nitrogens with two attached hydrogens (primary N) is 1. The first-order valence-corrected chi connectivity index (χ1v) is 7.29. The monoisotopic (exact) mass is 305 g/mol. The molecule has 4 nitrogen and oxygen atoms in total. The summed E-state index contributed by atoms with van der Waals surface area (Å²) in [4.78, 5) is 3.99. The number of ether oxygens (including phenoxy) is 1. The topological polar surface area (TPSA) is 60.2 Å². The van der Waals surface area contributed by atoms with E-state index in [2.05, 4.69) is 10.4 Å². The second-order valence-corrected chi connectivity index (χ2v) is 5.54. The van der Waals surface area contributed by atoms with Gasteiger partial charge in [-0.05, 0) is 49.6 Å². The molecule has 0 bridgehead atoms. The van der Waals surface area contributed by atoms with Gasteiger partial charge in [0.05, 0.1) is 17.2 Å². The number of rotatable bonds is 6. The SMILES string of the molecule is CC(C)Oc1cccc(C(Cc2ccncc2Cl)NN)c1. The van der Waals surface area contributed by atoms with Gasteiger partial charge >= 0.3 is 0 Å². The Morgan fingerprint density at radius 2 is 2.14 bits per heavy atom. The molecule has 0 aliphatic rings. The Kier molecular flexibility index (Phi) is 5.56. The van der Waals surface area contributed by atoms with Crippen LogP contribution in [0.25, 0.3) is 0 Å². The highest BCUT2D eigenvalue weighted by atomic mass is 35.5. The van der Waals surface area contributed by atoms with Crippen LogP contribution in [-0.4, -0.2) is 11.1 Å². The summed E-state index contributed by atoms with van der Waals surface area (Å²) in [5, 5.41) is 0.646. The Balaban J connectivity index is 2.19. The van der Waals surface area contributed by atoms with Crippen molar-refractivity contribution >= 4 is 11.6 Å². The molecule has 0 saturated heterocycles. The van der Waals surface area contributed by atoms with Crippen molar-refractivity contribution in [2.45, 2.75) is 32.4 Å². The number of halogens is 1. The lowest BCUT2D eigenvalue weighted by atomic mass is 10.00. The molecule has 1 aromatic carbocycles. The summed E-state index contributed by atoms with van der Waals surface area (Å²) < 4.78 is 5.72. The lowest BCUT2D eigenvalue weighted by molar-refractivity contribution is 0.242. The fourth-order valence-corrected chi connectivity index (χ4v) is 2.34. The zero-order valence-corrected chi connectivity index (χ0v) is 13.0. The second-order valence-electron chi connectivity index (χ2n) is 5.13. The highest BCUT2D eigenvalue weighted by molar-refractivity contribution is 6.31. The van der Waals surface area contributed by atoms with Crippen LogP contribution in [0, 0.1) is 0 Å². The van der Waals surface area contributed by atoms with E-state index in [1.54, 1.807) is 12.4 Å². The number of hydrogen-bond acceptors (Lipinski definition) is 4. The maximum absolute atomic E-state index is 6.16. The molecular formula is C16H20ClN3O. The Bertz CT molecular complexity index is 589. The zero-order chi connectivity index (χ0) is 15.2. The smallest absolute Gasteiger partial charge is 0.120 e. The van der Waals surface area contributed by atoms with Gasteiger partial charge in [-0.1, -0.05) is 23.7 Å². The first kappa shape index (κ1) is 15.8. The average Bonchev–Trinajstić information content (AvgIpc) is 2.46. The molecule has 0 aliphatic carbocycles. The molecule has 1 unspecified atom stereocenters. The van der Waals surface area contributed by atoms with Gasteiger partial charge < -0.3 is 4.74 Å². The first-order chi connectivity index (χ1) is 10.1. The maximum Gasteiger partial charge on any atom is 0.120 e. The van der Waals surface area contributed by atoms with Crippen molar-refractivity contribution in [3.05, 3.63) is 58.9 Å². The quantitative estimate of drug-likeness (QED) is 0.635. The van der Waals surface area contributed by atoms with Crippen LogP contribution in [0.15, 0.2) is 42.7 Å². The molecule has 1 heterocycles. The van der Waals surface area contributed by atoms with Crippen molar-refractivity contribution < 1.29 is 4.74 Å². The van der Waals surface area contributed by atoms with Gasteiger partial charge in [0.15, 0.2) is 0 Å². The van der Waals surface area contributed by atoms with Crippen molar-refractivity contribution in [3.63, 3.8) is 0 Å². The summed E-state index contributed by atoms with van der Waals surface area (Å²) in [5.74, 6) is 6.54. The zero-order valence-electron chi connectivity index (χ0n) is 12.2. The van der Waals surface area contributed by atoms with Crippen LogP contribution in [0.4, 0.5) is 0 Å². The molecule has 112 valence electrons. The summed E-state index contributed by atoms with van der Waals surface area (Å²) in [5.41, 5.74) is 4.90.